The number of carbonyl (C=O) groups is 2. The van der Waals surface area contributed by atoms with Gasteiger partial charge in [-0.1, -0.05) is 69.3 Å². The summed E-state index contributed by atoms with van der Waals surface area (Å²) in [7, 11) is 1.64. The third-order valence-electron chi connectivity index (χ3n) is 5.48. The molecule has 0 unspecified atom stereocenters. The van der Waals surface area contributed by atoms with Crippen LogP contribution in [0.15, 0.2) is 66.7 Å². The Morgan fingerprint density at radius 1 is 1.16 bits per heavy atom. The van der Waals surface area contributed by atoms with Gasteiger partial charge >= 0.3 is 6.09 Å². The number of imide groups is 1. The molecule has 0 radical (unpaired) electrons. The maximum absolute atomic E-state index is 12.8. The Hall–Kier alpha value is -3.12. The molecular weight excluding hydrogens is 406 g/mol. The van der Waals surface area contributed by atoms with Gasteiger partial charge in [-0.05, 0) is 41.2 Å². The van der Waals surface area contributed by atoms with Gasteiger partial charge in [-0.15, -0.1) is 0 Å². The molecule has 0 saturated carbocycles. The maximum Gasteiger partial charge on any atom is 0.417 e. The molecule has 6 heteroatoms. The molecule has 170 valence electrons. The molecule has 1 aliphatic heterocycles. The van der Waals surface area contributed by atoms with Crippen LogP contribution < -0.4 is 4.74 Å². The van der Waals surface area contributed by atoms with E-state index < -0.39 is 12.1 Å². The van der Waals surface area contributed by atoms with Crippen LogP contribution in [0.5, 0.6) is 5.75 Å². The Balaban J connectivity index is 1.62. The molecule has 0 aromatic heterocycles. The first-order chi connectivity index (χ1) is 15.3. The third-order valence-corrected chi connectivity index (χ3v) is 5.48. The summed E-state index contributed by atoms with van der Waals surface area (Å²) in [6.45, 7) is 6.93. The zero-order valence-corrected chi connectivity index (χ0v) is 19.1. The second kappa shape index (κ2) is 10.5. The van der Waals surface area contributed by atoms with Gasteiger partial charge in [-0.3, -0.25) is 4.79 Å². The van der Waals surface area contributed by atoms with Crippen molar-refractivity contribution in [3.05, 3.63) is 77.9 Å². The number of carbonyl (C=O) groups excluding carboxylic acids is 2. The Kier molecular flexibility index (Phi) is 7.70. The van der Waals surface area contributed by atoms with Crippen LogP contribution in [-0.2, 0) is 20.9 Å². The number of hydrogen-bond donors (Lipinski definition) is 0. The minimum atomic E-state index is -0.614. The maximum atomic E-state index is 12.8. The van der Waals surface area contributed by atoms with Crippen molar-refractivity contribution < 1.29 is 23.8 Å². The molecule has 0 spiro atoms. The van der Waals surface area contributed by atoms with Gasteiger partial charge in [0, 0.05) is 0 Å². The van der Waals surface area contributed by atoms with Gasteiger partial charge in [-0.2, -0.15) is 0 Å². The summed E-state index contributed by atoms with van der Waals surface area (Å²) in [5.74, 6) is 0.418. The van der Waals surface area contributed by atoms with E-state index in [0.29, 0.717) is 13.0 Å². The fourth-order valence-electron chi connectivity index (χ4n) is 3.55. The SMILES string of the molecule is COc1ccc(CO[C@@H](C/C=C/C(=O)N2C(=O)OC[C@@H]2c2ccccc2)C(C)(C)C)cc1. The second-order valence-corrected chi connectivity index (χ2v) is 8.86. The monoisotopic (exact) mass is 437 g/mol. The van der Waals surface area contributed by atoms with Crippen molar-refractivity contribution >= 4 is 12.0 Å². The van der Waals surface area contributed by atoms with E-state index in [-0.39, 0.29) is 24.0 Å². The summed E-state index contributed by atoms with van der Waals surface area (Å²) in [6.07, 6.45) is 3.04. The van der Waals surface area contributed by atoms with E-state index in [4.69, 9.17) is 14.2 Å². The molecule has 0 aliphatic carbocycles. The van der Waals surface area contributed by atoms with Crippen LogP contribution in [0.25, 0.3) is 0 Å². The average molecular weight is 438 g/mol. The van der Waals surface area contributed by atoms with Crippen LogP contribution in [0.2, 0.25) is 0 Å². The minimum absolute atomic E-state index is 0.107. The first-order valence-electron chi connectivity index (χ1n) is 10.8. The van der Waals surface area contributed by atoms with Crippen LogP contribution in [0.1, 0.15) is 44.4 Å². The van der Waals surface area contributed by atoms with E-state index in [1.165, 1.54) is 11.0 Å². The van der Waals surface area contributed by atoms with Crippen molar-refractivity contribution in [2.45, 2.75) is 45.9 Å². The van der Waals surface area contributed by atoms with E-state index in [0.717, 1.165) is 16.9 Å². The lowest BCUT2D eigenvalue weighted by Gasteiger charge is -2.30. The fourth-order valence-corrected chi connectivity index (χ4v) is 3.55. The van der Waals surface area contributed by atoms with Gasteiger partial charge in [0.05, 0.1) is 19.8 Å². The highest BCUT2D eigenvalue weighted by molar-refractivity contribution is 5.99. The molecule has 32 heavy (non-hydrogen) atoms. The Morgan fingerprint density at radius 3 is 2.47 bits per heavy atom. The molecule has 1 aliphatic rings. The molecule has 6 nitrogen and oxygen atoms in total. The van der Waals surface area contributed by atoms with Gasteiger partial charge < -0.3 is 14.2 Å². The number of nitrogens with zero attached hydrogens (tertiary/aromatic N) is 1. The first kappa shape index (κ1) is 23.5. The fraction of sp³-hybridized carbons (Fsp3) is 0.385. The highest BCUT2D eigenvalue weighted by atomic mass is 16.6. The number of amides is 2. The Bertz CT molecular complexity index is 931. The molecule has 2 amide bonds. The second-order valence-electron chi connectivity index (χ2n) is 8.86. The van der Waals surface area contributed by atoms with Gasteiger partial charge in [0.25, 0.3) is 5.91 Å². The molecule has 2 atom stereocenters. The van der Waals surface area contributed by atoms with Gasteiger partial charge in [-0.25, -0.2) is 9.69 Å². The van der Waals surface area contributed by atoms with Crippen molar-refractivity contribution in [3.63, 3.8) is 0 Å². The normalized spacial score (nSPS) is 17.4. The first-order valence-corrected chi connectivity index (χ1v) is 10.8. The van der Waals surface area contributed by atoms with Crippen LogP contribution in [-0.4, -0.2) is 36.7 Å². The molecule has 2 aromatic rings. The minimum Gasteiger partial charge on any atom is -0.497 e. The quantitative estimate of drug-likeness (QED) is 0.525. The molecule has 3 rings (SSSR count). The van der Waals surface area contributed by atoms with Crippen molar-refractivity contribution in [2.24, 2.45) is 5.41 Å². The van der Waals surface area contributed by atoms with E-state index in [1.54, 1.807) is 13.2 Å². The zero-order valence-electron chi connectivity index (χ0n) is 19.1. The lowest BCUT2D eigenvalue weighted by molar-refractivity contribution is -0.124. The van der Waals surface area contributed by atoms with Crippen molar-refractivity contribution in [1.29, 1.82) is 0 Å². The molecule has 2 aromatic carbocycles. The predicted molar refractivity (Wildman–Crippen MR) is 122 cm³/mol. The molecule has 1 heterocycles. The third kappa shape index (κ3) is 5.98. The summed E-state index contributed by atoms with van der Waals surface area (Å²) in [5, 5.41) is 0. The summed E-state index contributed by atoms with van der Waals surface area (Å²) in [4.78, 5) is 26.1. The number of methoxy groups -OCH3 is 1. The van der Waals surface area contributed by atoms with E-state index in [2.05, 4.69) is 20.8 Å². The van der Waals surface area contributed by atoms with E-state index in [9.17, 15) is 9.59 Å². The molecular formula is C26H31NO5. The van der Waals surface area contributed by atoms with Gasteiger partial charge in [0.15, 0.2) is 0 Å². The van der Waals surface area contributed by atoms with Crippen LogP contribution in [0.4, 0.5) is 4.79 Å². The number of benzene rings is 2. The Labute approximate surface area is 189 Å². The number of hydrogen-bond acceptors (Lipinski definition) is 5. The molecule has 0 bridgehead atoms. The summed E-state index contributed by atoms with van der Waals surface area (Å²) in [6, 6.07) is 16.8. The number of rotatable bonds is 8. The van der Waals surface area contributed by atoms with Gasteiger partial charge in [0.2, 0.25) is 0 Å². The summed E-state index contributed by atoms with van der Waals surface area (Å²) in [5.41, 5.74) is 1.79. The van der Waals surface area contributed by atoms with Gasteiger partial charge in [0.1, 0.15) is 18.4 Å². The number of cyclic esters (lactones) is 1. The highest BCUT2D eigenvalue weighted by Gasteiger charge is 2.37. The largest absolute Gasteiger partial charge is 0.497 e. The highest BCUT2D eigenvalue weighted by Crippen LogP contribution is 2.29. The van der Waals surface area contributed by atoms with Crippen molar-refractivity contribution in [2.75, 3.05) is 13.7 Å². The molecule has 1 fully saturated rings. The smallest absolute Gasteiger partial charge is 0.417 e. The lowest BCUT2D eigenvalue weighted by atomic mass is 9.87. The molecule has 1 saturated heterocycles. The lowest BCUT2D eigenvalue weighted by Crippen LogP contribution is -2.33. The number of ether oxygens (including phenoxy) is 3. The Morgan fingerprint density at radius 2 is 1.84 bits per heavy atom. The summed E-state index contributed by atoms with van der Waals surface area (Å²) < 4.78 is 16.5. The van der Waals surface area contributed by atoms with Crippen LogP contribution in [0, 0.1) is 5.41 Å². The standard InChI is InChI=1S/C26H31NO5/c1-26(2,3)23(31-17-19-13-15-21(30-4)16-14-19)11-8-12-24(28)27-22(18-32-25(27)29)20-9-6-5-7-10-20/h5-10,12-16,22-23H,11,17-18H2,1-4H3/b12-8+/t22-,23+/m1/s1. The van der Waals surface area contributed by atoms with E-state index in [1.807, 2.05) is 54.6 Å². The van der Waals surface area contributed by atoms with Crippen LogP contribution in [0.3, 0.4) is 0 Å². The topological polar surface area (TPSA) is 65.1 Å². The summed E-state index contributed by atoms with van der Waals surface area (Å²) >= 11 is 0. The van der Waals surface area contributed by atoms with Crippen molar-refractivity contribution in [1.82, 2.24) is 4.90 Å². The predicted octanol–water partition coefficient (Wildman–Crippen LogP) is 5.29. The average Bonchev–Trinajstić information content (AvgIpc) is 3.17. The van der Waals surface area contributed by atoms with E-state index >= 15 is 0 Å². The van der Waals surface area contributed by atoms with Crippen LogP contribution >= 0.6 is 0 Å². The zero-order chi connectivity index (χ0) is 23.1. The van der Waals surface area contributed by atoms with Crippen molar-refractivity contribution in [3.8, 4) is 5.75 Å². The molecule has 0 N–H and O–H groups in total.